The summed E-state index contributed by atoms with van der Waals surface area (Å²) >= 11 is 0. The molecule has 0 saturated heterocycles. The fourth-order valence-electron chi connectivity index (χ4n) is 5.06. The van der Waals surface area contributed by atoms with Crippen LogP contribution in [-0.2, 0) is 24.1 Å². The van der Waals surface area contributed by atoms with Gasteiger partial charge in [0.25, 0.3) is 0 Å². The number of hydrogen-bond donors (Lipinski definition) is 3. The lowest BCUT2D eigenvalue weighted by Crippen LogP contribution is -2.29. The third-order valence-corrected chi connectivity index (χ3v) is 7.91. The Morgan fingerprint density at radius 2 is 1.36 bits per heavy atom. The third kappa shape index (κ3) is 8.84. The first kappa shape index (κ1) is 35.3. The van der Waals surface area contributed by atoms with Crippen LogP contribution in [0, 0.1) is 28.4 Å². The Hall–Kier alpha value is -4.54. The molecule has 250 valence electrons. The molecule has 13 heteroatoms. The van der Waals surface area contributed by atoms with Crippen LogP contribution in [0.5, 0.6) is 11.8 Å². The molecule has 0 radical (unpaired) electrons. The van der Waals surface area contributed by atoms with Crippen molar-refractivity contribution in [2.45, 2.75) is 71.6 Å². The van der Waals surface area contributed by atoms with Gasteiger partial charge in [-0.2, -0.15) is 15.2 Å². The van der Waals surface area contributed by atoms with Gasteiger partial charge in [-0.25, -0.2) is 18.7 Å². The first-order chi connectivity index (χ1) is 22.6. The van der Waals surface area contributed by atoms with Crippen LogP contribution in [0.1, 0.15) is 69.6 Å². The number of nitriles is 1. The van der Waals surface area contributed by atoms with Crippen LogP contribution in [0.2, 0.25) is 0 Å². The van der Waals surface area contributed by atoms with Gasteiger partial charge in [0.2, 0.25) is 11.8 Å². The molecule has 0 bridgehead atoms. The molecule has 4 aromatic rings. The summed E-state index contributed by atoms with van der Waals surface area (Å²) < 4.78 is 39.2. The maximum Gasteiger partial charge on any atom is 0.224 e. The number of hydrogen-bond acceptors (Lipinski definition) is 11. The van der Waals surface area contributed by atoms with Crippen LogP contribution < -0.4 is 15.2 Å². The average molecular weight is 651 g/mol. The van der Waals surface area contributed by atoms with E-state index >= 15 is 0 Å². The number of carbonyl (C=O) groups excluding carboxylic acids is 1. The Bertz CT molecular complexity index is 1750. The largest absolute Gasteiger partial charge is 0.475 e. The molecule has 0 unspecified atom stereocenters. The van der Waals surface area contributed by atoms with E-state index in [0.29, 0.717) is 47.5 Å². The highest BCUT2D eigenvalue weighted by Gasteiger charge is 2.37. The first-order valence-corrected chi connectivity index (χ1v) is 15.8. The normalized spacial score (nSPS) is 14.5. The van der Waals surface area contributed by atoms with Crippen LogP contribution >= 0.6 is 0 Å². The van der Waals surface area contributed by atoms with E-state index in [9.17, 15) is 18.8 Å². The molecule has 47 heavy (non-hydrogen) atoms. The summed E-state index contributed by atoms with van der Waals surface area (Å²) in [6, 6.07) is 8.42. The predicted molar refractivity (Wildman–Crippen MR) is 172 cm³/mol. The number of nitrogen functional groups attached to an aromatic ring is 1. The van der Waals surface area contributed by atoms with Gasteiger partial charge in [-0.15, -0.1) is 0 Å². The Labute approximate surface area is 271 Å². The van der Waals surface area contributed by atoms with E-state index in [1.165, 1.54) is 12.1 Å². The van der Waals surface area contributed by atoms with E-state index < -0.39 is 11.6 Å². The number of aliphatic hydroxyl groups is 2. The van der Waals surface area contributed by atoms with E-state index in [0.717, 1.165) is 44.1 Å². The summed E-state index contributed by atoms with van der Waals surface area (Å²) in [6.07, 6.45) is 7.21. The predicted octanol–water partition coefficient (Wildman–Crippen LogP) is 4.96. The number of anilines is 1. The van der Waals surface area contributed by atoms with Crippen LogP contribution in [0.25, 0.3) is 21.8 Å². The molecule has 2 fully saturated rings. The van der Waals surface area contributed by atoms with Crippen molar-refractivity contribution in [1.29, 1.82) is 5.26 Å². The van der Waals surface area contributed by atoms with Crippen molar-refractivity contribution >= 4 is 33.3 Å². The summed E-state index contributed by atoms with van der Waals surface area (Å²) in [6.45, 7) is 3.64. The summed E-state index contributed by atoms with van der Waals surface area (Å²) in [7, 11) is 0. The molecular formula is C34H40F2N6O5. The molecule has 2 aliphatic rings. The molecule has 2 aliphatic carbocycles. The number of halogens is 2. The van der Waals surface area contributed by atoms with Crippen molar-refractivity contribution in [2.24, 2.45) is 5.41 Å². The summed E-state index contributed by atoms with van der Waals surface area (Å²) in [5.41, 5.74) is 6.65. The summed E-state index contributed by atoms with van der Waals surface area (Å²) in [5.74, 6) is 1.01. The second-order valence-corrected chi connectivity index (χ2v) is 11.4. The summed E-state index contributed by atoms with van der Waals surface area (Å²) in [4.78, 5) is 26.8. The number of nitrogens with zero attached hydrogens (tertiary/aromatic N) is 5. The van der Waals surface area contributed by atoms with Gasteiger partial charge in [-0.3, -0.25) is 4.79 Å². The molecule has 0 aliphatic heterocycles. The van der Waals surface area contributed by atoms with E-state index in [4.69, 9.17) is 25.4 Å². The topological polar surface area (TPSA) is 177 Å². The number of aliphatic hydroxyl groups excluding tert-OH is 2. The highest BCUT2D eigenvalue weighted by Crippen LogP contribution is 2.43. The van der Waals surface area contributed by atoms with Gasteiger partial charge in [0.1, 0.15) is 47.5 Å². The average Bonchev–Trinajstić information content (AvgIpc) is 3.04. The Morgan fingerprint density at radius 1 is 0.851 bits per heavy atom. The Balaban J connectivity index is 0.000000190. The zero-order chi connectivity index (χ0) is 34.0. The van der Waals surface area contributed by atoms with E-state index in [1.54, 1.807) is 6.07 Å². The molecule has 2 aromatic carbocycles. The van der Waals surface area contributed by atoms with E-state index in [-0.39, 0.29) is 60.3 Å². The maximum absolute atomic E-state index is 14.6. The van der Waals surface area contributed by atoms with Crippen molar-refractivity contribution in [3.63, 3.8) is 0 Å². The van der Waals surface area contributed by atoms with Gasteiger partial charge in [0, 0.05) is 31.4 Å². The van der Waals surface area contributed by atoms with Crippen molar-refractivity contribution in [1.82, 2.24) is 19.9 Å². The van der Waals surface area contributed by atoms with Gasteiger partial charge < -0.3 is 25.4 Å². The van der Waals surface area contributed by atoms with Crippen molar-refractivity contribution in [3.8, 4) is 17.8 Å². The molecule has 4 N–H and O–H groups in total. The first-order valence-electron chi connectivity index (χ1n) is 15.8. The molecule has 0 spiro atoms. The zero-order valence-corrected chi connectivity index (χ0v) is 26.7. The SMILES string of the molecule is CCc1nc(OCCO)c2cc(CC3(C#N)CCC3)cc(F)c2n1.CCc1nc(OCCO)c2cc(N)cc(F)c2n1.O=C1CCC1. The van der Waals surface area contributed by atoms with Gasteiger partial charge in [-0.1, -0.05) is 20.3 Å². The molecule has 6 rings (SSSR count). The maximum atomic E-state index is 14.6. The number of rotatable bonds is 10. The zero-order valence-electron chi connectivity index (χ0n) is 26.7. The highest BCUT2D eigenvalue weighted by molar-refractivity contribution is 5.87. The molecule has 0 amide bonds. The smallest absolute Gasteiger partial charge is 0.224 e. The highest BCUT2D eigenvalue weighted by atomic mass is 19.1. The molecule has 0 atom stereocenters. The van der Waals surface area contributed by atoms with Crippen molar-refractivity contribution in [3.05, 3.63) is 53.1 Å². The molecule has 11 nitrogen and oxygen atoms in total. The standard InChI is InChI=1S/C18H20FN3O2.C12H14FN3O2.C4H6O/c1-2-15-21-16-13(17(22-15)24-7-6-23)8-12(9-14(16)19)10-18(11-20)4-3-5-18;1-2-10-15-11-8(5-7(14)6-9(11)13)12(16-10)18-4-3-17;5-4-2-1-3-4/h8-9,23H,2-7,10H2,1H3;5-6,17H,2-4,14H2,1H3;1-3H2. The monoisotopic (exact) mass is 650 g/mol. The lowest BCUT2D eigenvalue weighted by Gasteiger charge is -2.35. The number of ketones is 1. The van der Waals surface area contributed by atoms with Crippen LogP contribution in [0.15, 0.2) is 24.3 Å². The number of Topliss-reactive ketones (excluding diaryl/α,β-unsaturated/α-hetero) is 1. The second-order valence-electron chi connectivity index (χ2n) is 11.4. The lowest BCUT2D eigenvalue weighted by molar-refractivity contribution is -0.123. The Morgan fingerprint density at radius 3 is 1.77 bits per heavy atom. The number of aryl methyl sites for hydroxylation is 2. The molecule has 2 saturated carbocycles. The minimum Gasteiger partial charge on any atom is -0.475 e. The van der Waals surface area contributed by atoms with Crippen LogP contribution in [0.3, 0.4) is 0 Å². The number of benzene rings is 2. The minimum absolute atomic E-state index is 0.0866. The quantitative estimate of drug-likeness (QED) is 0.198. The fraction of sp³-hybridized carbons (Fsp3) is 0.471. The van der Waals surface area contributed by atoms with Crippen molar-refractivity contribution < 1.29 is 33.3 Å². The number of aromatic nitrogens is 4. The van der Waals surface area contributed by atoms with Gasteiger partial charge in [0.15, 0.2) is 5.82 Å². The van der Waals surface area contributed by atoms with Gasteiger partial charge in [-0.05, 0) is 55.5 Å². The minimum atomic E-state index is -0.504. The Kier molecular flexibility index (Phi) is 12.3. The molecule has 2 heterocycles. The van der Waals surface area contributed by atoms with Crippen LogP contribution in [-0.4, -0.2) is 62.4 Å². The number of fused-ring (bicyclic) bond motifs is 2. The van der Waals surface area contributed by atoms with Crippen molar-refractivity contribution in [2.75, 3.05) is 32.2 Å². The number of carbonyl (C=O) groups is 1. The summed E-state index contributed by atoms with van der Waals surface area (Å²) in [5, 5.41) is 28.1. The molecular weight excluding hydrogens is 610 g/mol. The second kappa shape index (κ2) is 16.3. The lowest BCUT2D eigenvalue weighted by atomic mass is 9.66. The molecule has 2 aromatic heterocycles. The third-order valence-electron chi connectivity index (χ3n) is 7.91. The number of nitrogens with two attached hydrogens (primary N) is 1. The fourth-order valence-corrected chi connectivity index (χ4v) is 5.06. The van der Waals surface area contributed by atoms with E-state index in [2.05, 4.69) is 26.0 Å². The van der Waals surface area contributed by atoms with Gasteiger partial charge in [0.05, 0.1) is 35.5 Å². The van der Waals surface area contributed by atoms with Crippen LogP contribution in [0.4, 0.5) is 14.5 Å². The van der Waals surface area contributed by atoms with Gasteiger partial charge >= 0.3 is 0 Å². The number of ether oxygens (including phenoxy) is 2. The van der Waals surface area contributed by atoms with E-state index in [1.807, 2.05) is 19.9 Å².